The summed E-state index contributed by atoms with van der Waals surface area (Å²) in [4.78, 5) is 0. The van der Waals surface area contributed by atoms with Gasteiger partial charge in [-0.2, -0.15) is 0 Å². The van der Waals surface area contributed by atoms with Gasteiger partial charge in [0.25, 0.3) is 0 Å². The van der Waals surface area contributed by atoms with E-state index < -0.39 is 0 Å². The minimum Gasteiger partial charge on any atom is -0.495 e. The zero-order valence-electron chi connectivity index (χ0n) is 9.64. The zero-order chi connectivity index (χ0) is 11.6. The highest BCUT2D eigenvalue weighted by Crippen LogP contribution is 2.30. The van der Waals surface area contributed by atoms with Crippen LogP contribution in [0.4, 0.5) is 0 Å². The van der Waals surface area contributed by atoms with Crippen molar-refractivity contribution in [3.05, 3.63) is 28.8 Å². The summed E-state index contributed by atoms with van der Waals surface area (Å²) < 4.78 is 5.15. The van der Waals surface area contributed by atoms with Crippen molar-refractivity contribution >= 4 is 11.6 Å². The summed E-state index contributed by atoms with van der Waals surface area (Å²) in [6.07, 6.45) is 0. The van der Waals surface area contributed by atoms with E-state index in [9.17, 15) is 0 Å². The lowest BCUT2D eigenvalue weighted by atomic mass is 9.90. The topological polar surface area (TPSA) is 33.3 Å². The van der Waals surface area contributed by atoms with E-state index in [2.05, 4.69) is 23.6 Å². The fourth-order valence-electron chi connectivity index (χ4n) is 2.04. The van der Waals surface area contributed by atoms with Gasteiger partial charge in [0.05, 0.1) is 17.7 Å². The lowest BCUT2D eigenvalue weighted by molar-refractivity contribution is 0.302. The molecule has 0 saturated carbocycles. The molecule has 1 aliphatic rings. The van der Waals surface area contributed by atoms with Gasteiger partial charge in [-0.3, -0.25) is 0 Å². The van der Waals surface area contributed by atoms with E-state index in [1.165, 1.54) is 5.56 Å². The Hall–Kier alpha value is -0.770. The van der Waals surface area contributed by atoms with Crippen molar-refractivity contribution in [1.82, 2.24) is 10.6 Å². The first-order valence-corrected chi connectivity index (χ1v) is 5.83. The molecule has 1 aliphatic heterocycles. The first-order chi connectivity index (χ1) is 7.65. The molecule has 0 bridgehead atoms. The number of nitrogens with one attached hydrogen (secondary N) is 2. The Balaban J connectivity index is 2.29. The molecule has 0 spiro atoms. The molecular formula is C12H17ClN2O. The summed E-state index contributed by atoms with van der Waals surface area (Å²) in [5, 5.41) is 7.56. The van der Waals surface area contributed by atoms with Crippen LogP contribution in [-0.4, -0.2) is 26.7 Å². The van der Waals surface area contributed by atoms with Crippen LogP contribution in [0.1, 0.15) is 12.5 Å². The Morgan fingerprint density at radius 2 is 2.19 bits per heavy atom. The van der Waals surface area contributed by atoms with Gasteiger partial charge in [0.15, 0.2) is 0 Å². The Morgan fingerprint density at radius 1 is 1.38 bits per heavy atom. The number of hydrogen-bond acceptors (Lipinski definition) is 3. The van der Waals surface area contributed by atoms with Gasteiger partial charge in [-0.05, 0) is 24.6 Å². The van der Waals surface area contributed by atoms with Crippen LogP contribution >= 0.6 is 11.6 Å². The van der Waals surface area contributed by atoms with Crippen LogP contribution in [0.15, 0.2) is 18.2 Å². The van der Waals surface area contributed by atoms with Crippen LogP contribution in [0, 0.1) is 0 Å². The molecule has 2 N–H and O–H groups in total. The molecule has 1 unspecified atom stereocenters. The first-order valence-electron chi connectivity index (χ1n) is 5.45. The van der Waals surface area contributed by atoms with Crippen LogP contribution in [0.2, 0.25) is 5.02 Å². The highest BCUT2D eigenvalue weighted by molar-refractivity contribution is 6.32. The van der Waals surface area contributed by atoms with Crippen molar-refractivity contribution in [1.29, 1.82) is 0 Å². The van der Waals surface area contributed by atoms with Gasteiger partial charge in [0, 0.05) is 19.6 Å². The molecule has 1 atom stereocenters. The molecule has 1 aromatic rings. The van der Waals surface area contributed by atoms with Gasteiger partial charge in [-0.25, -0.2) is 0 Å². The fourth-order valence-corrected chi connectivity index (χ4v) is 2.30. The summed E-state index contributed by atoms with van der Waals surface area (Å²) in [6, 6.07) is 5.95. The van der Waals surface area contributed by atoms with Crippen molar-refractivity contribution in [3.63, 3.8) is 0 Å². The Kier molecular flexibility index (Phi) is 3.38. The number of ether oxygens (including phenoxy) is 1. The largest absolute Gasteiger partial charge is 0.495 e. The van der Waals surface area contributed by atoms with E-state index in [-0.39, 0.29) is 5.54 Å². The average molecular weight is 241 g/mol. The molecule has 2 rings (SSSR count). The maximum absolute atomic E-state index is 6.14. The normalized spacial score (nSPS) is 25.4. The average Bonchev–Trinajstić information content (AvgIpc) is 2.30. The minimum absolute atomic E-state index is 0.0475. The van der Waals surface area contributed by atoms with Gasteiger partial charge < -0.3 is 15.4 Å². The van der Waals surface area contributed by atoms with Crippen molar-refractivity contribution in [3.8, 4) is 5.75 Å². The summed E-state index contributed by atoms with van der Waals surface area (Å²) in [7, 11) is 1.63. The second-order valence-corrected chi connectivity index (χ2v) is 4.69. The number of halogens is 1. The molecule has 3 nitrogen and oxygen atoms in total. The third-order valence-electron chi connectivity index (χ3n) is 3.08. The number of methoxy groups -OCH3 is 1. The van der Waals surface area contributed by atoms with E-state index in [0.717, 1.165) is 25.4 Å². The van der Waals surface area contributed by atoms with Gasteiger partial charge in [-0.15, -0.1) is 0 Å². The highest BCUT2D eigenvalue weighted by atomic mass is 35.5. The number of rotatable bonds is 2. The molecular weight excluding hydrogens is 224 g/mol. The Morgan fingerprint density at radius 3 is 2.75 bits per heavy atom. The van der Waals surface area contributed by atoms with Gasteiger partial charge in [0.2, 0.25) is 0 Å². The highest BCUT2D eigenvalue weighted by Gasteiger charge is 2.28. The molecule has 88 valence electrons. The van der Waals surface area contributed by atoms with Gasteiger partial charge in [0.1, 0.15) is 5.75 Å². The molecule has 0 amide bonds. The van der Waals surface area contributed by atoms with E-state index >= 15 is 0 Å². The number of hydrogen-bond donors (Lipinski definition) is 2. The second kappa shape index (κ2) is 4.62. The fraction of sp³-hybridized carbons (Fsp3) is 0.500. The van der Waals surface area contributed by atoms with Crippen molar-refractivity contribution < 1.29 is 4.74 Å². The maximum Gasteiger partial charge on any atom is 0.137 e. The molecule has 1 fully saturated rings. The lowest BCUT2D eigenvalue weighted by Gasteiger charge is -2.36. The third kappa shape index (κ3) is 2.17. The van der Waals surface area contributed by atoms with Crippen LogP contribution < -0.4 is 15.4 Å². The van der Waals surface area contributed by atoms with E-state index in [1.807, 2.05) is 12.1 Å². The van der Waals surface area contributed by atoms with Crippen LogP contribution in [0.3, 0.4) is 0 Å². The van der Waals surface area contributed by atoms with Crippen molar-refractivity contribution in [2.75, 3.05) is 26.7 Å². The maximum atomic E-state index is 6.14. The minimum atomic E-state index is -0.0475. The predicted octanol–water partition coefficient (Wildman–Crippen LogP) is 1.76. The standard InChI is InChI=1S/C12H17ClN2O/c1-12(8-14-5-6-15-12)9-3-4-11(16-2)10(13)7-9/h3-4,7,14-15H,5-6,8H2,1-2H3. The smallest absolute Gasteiger partial charge is 0.137 e. The van der Waals surface area contributed by atoms with Crippen LogP contribution in [0.25, 0.3) is 0 Å². The predicted molar refractivity (Wildman–Crippen MR) is 66.2 cm³/mol. The summed E-state index contributed by atoms with van der Waals surface area (Å²) in [5.41, 5.74) is 1.14. The summed E-state index contributed by atoms with van der Waals surface area (Å²) in [5.74, 6) is 0.720. The van der Waals surface area contributed by atoms with Crippen molar-refractivity contribution in [2.24, 2.45) is 0 Å². The number of benzene rings is 1. The summed E-state index contributed by atoms with van der Waals surface area (Å²) in [6.45, 7) is 5.08. The molecule has 0 aliphatic carbocycles. The van der Waals surface area contributed by atoms with E-state index in [0.29, 0.717) is 5.02 Å². The quantitative estimate of drug-likeness (QED) is 0.827. The molecule has 1 saturated heterocycles. The number of piperazine rings is 1. The molecule has 16 heavy (non-hydrogen) atoms. The zero-order valence-corrected chi connectivity index (χ0v) is 10.4. The van der Waals surface area contributed by atoms with Crippen LogP contribution in [0.5, 0.6) is 5.75 Å². The van der Waals surface area contributed by atoms with E-state index in [1.54, 1.807) is 7.11 Å². The Labute approximate surface area is 101 Å². The molecule has 0 aromatic heterocycles. The van der Waals surface area contributed by atoms with Crippen LogP contribution in [-0.2, 0) is 5.54 Å². The van der Waals surface area contributed by atoms with Crippen molar-refractivity contribution in [2.45, 2.75) is 12.5 Å². The molecule has 1 heterocycles. The third-order valence-corrected chi connectivity index (χ3v) is 3.38. The monoisotopic (exact) mass is 240 g/mol. The first kappa shape index (κ1) is 11.7. The van der Waals surface area contributed by atoms with Gasteiger partial charge >= 0.3 is 0 Å². The SMILES string of the molecule is COc1ccc(C2(C)CNCCN2)cc1Cl. The molecule has 1 aromatic carbocycles. The lowest BCUT2D eigenvalue weighted by Crippen LogP contribution is -2.54. The molecule has 4 heteroatoms. The van der Waals surface area contributed by atoms with Gasteiger partial charge in [-0.1, -0.05) is 17.7 Å². The second-order valence-electron chi connectivity index (χ2n) is 4.28. The summed E-state index contributed by atoms with van der Waals surface area (Å²) >= 11 is 6.14. The van der Waals surface area contributed by atoms with E-state index in [4.69, 9.17) is 16.3 Å². The Bertz CT molecular complexity index is 375. The molecule has 0 radical (unpaired) electrons.